The molecule has 0 aliphatic heterocycles. The Kier molecular flexibility index (Phi) is 8.55. The third-order valence-corrected chi connectivity index (χ3v) is 6.53. The average molecular weight is 530 g/mol. The van der Waals surface area contributed by atoms with E-state index in [0.29, 0.717) is 46.8 Å². The van der Waals surface area contributed by atoms with Crippen LogP contribution in [0.1, 0.15) is 45.0 Å². The predicted molar refractivity (Wildman–Crippen MR) is 151 cm³/mol. The van der Waals surface area contributed by atoms with Gasteiger partial charge in [0.05, 0.1) is 34.7 Å². The SMILES string of the molecule is CCCCN(C(=O)Nc1ccc([N+](=O)[O-])cc1)C(CC)c1nc2ccccc2c(=O)n1-c1ccccc1OC. The number of hydrogen-bond acceptors (Lipinski definition) is 6. The minimum atomic E-state index is -0.559. The Morgan fingerprint density at radius 1 is 1.08 bits per heavy atom. The number of nitrogens with zero attached hydrogens (tertiary/aromatic N) is 4. The van der Waals surface area contributed by atoms with Crippen LogP contribution < -0.4 is 15.6 Å². The highest BCUT2D eigenvalue weighted by Gasteiger charge is 2.29. The van der Waals surface area contributed by atoms with Gasteiger partial charge in [0, 0.05) is 24.4 Å². The lowest BCUT2D eigenvalue weighted by Gasteiger charge is -2.32. The number of fused-ring (bicyclic) bond motifs is 1. The molecule has 1 unspecified atom stereocenters. The summed E-state index contributed by atoms with van der Waals surface area (Å²) in [5, 5.41) is 14.3. The molecular weight excluding hydrogens is 498 g/mol. The van der Waals surface area contributed by atoms with E-state index >= 15 is 0 Å². The minimum absolute atomic E-state index is 0.0662. The normalized spacial score (nSPS) is 11.7. The van der Waals surface area contributed by atoms with E-state index < -0.39 is 17.0 Å². The van der Waals surface area contributed by atoms with Crippen LogP contribution in [-0.4, -0.2) is 39.1 Å². The molecule has 0 radical (unpaired) electrons. The van der Waals surface area contributed by atoms with Crippen LogP contribution in [0, 0.1) is 10.1 Å². The van der Waals surface area contributed by atoms with Crippen molar-refractivity contribution in [1.29, 1.82) is 0 Å². The second-order valence-corrected chi connectivity index (χ2v) is 9.00. The molecule has 1 atom stereocenters. The van der Waals surface area contributed by atoms with Crippen molar-refractivity contribution in [3.63, 3.8) is 0 Å². The fourth-order valence-corrected chi connectivity index (χ4v) is 4.55. The van der Waals surface area contributed by atoms with E-state index in [1.165, 1.54) is 28.8 Å². The maximum atomic E-state index is 13.9. The molecule has 1 heterocycles. The summed E-state index contributed by atoms with van der Waals surface area (Å²) >= 11 is 0. The number of nitro groups is 1. The minimum Gasteiger partial charge on any atom is -0.495 e. The fourth-order valence-electron chi connectivity index (χ4n) is 4.55. The number of rotatable bonds is 10. The van der Waals surface area contributed by atoms with Gasteiger partial charge in [-0.05, 0) is 49.2 Å². The van der Waals surface area contributed by atoms with Crippen LogP contribution in [0.5, 0.6) is 5.75 Å². The summed E-state index contributed by atoms with van der Waals surface area (Å²) in [4.78, 5) is 44.7. The maximum Gasteiger partial charge on any atom is 0.322 e. The van der Waals surface area contributed by atoms with Crippen molar-refractivity contribution in [2.45, 2.75) is 39.2 Å². The number of nitro benzene ring substituents is 1. The number of anilines is 1. The number of carbonyl (C=O) groups excluding carboxylic acids is 1. The first-order valence-electron chi connectivity index (χ1n) is 12.9. The van der Waals surface area contributed by atoms with Crippen LogP contribution in [0.25, 0.3) is 16.6 Å². The fraction of sp³-hybridized carbons (Fsp3) is 0.276. The van der Waals surface area contributed by atoms with E-state index in [0.717, 1.165) is 12.8 Å². The third-order valence-electron chi connectivity index (χ3n) is 6.53. The van der Waals surface area contributed by atoms with Crippen LogP contribution in [0.15, 0.2) is 77.6 Å². The average Bonchev–Trinajstić information content (AvgIpc) is 2.95. The second-order valence-electron chi connectivity index (χ2n) is 9.00. The molecule has 0 aliphatic carbocycles. The van der Waals surface area contributed by atoms with Crippen LogP contribution in [0.4, 0.5) is 16.2 Å². The predicted octanol–water partition coefficient (Wildman–Crippen LogP) is 6.09. The number of para-hydroxylation sites is 3. The monoisotopic (exact) mass is 529 g/mol. The Hall–Kier alpha value is -4.73. The topological polar surface area (TPSA) is 120 Å². The molecule has 0 saturated carbocycles. The molecule has 39 heavy (non-hydrogen) atoms. The zero-order valence-corrected chi connectivity index (χ0v) is 22.2. The number of hydrogen-bond donors (Lipinski definition) is 1. The van der Waals surface area contributed by atoms with Crippen molar-refractivity contribution < 1.29 is 14.5 Å². The number of aromatic nitrogens is 2. The Labute approximate surface area is 226 Å². The highest BCUT2D eigenvalue weighted by atomic mass is 16.6. The number of unbranched alkanes of at least 4 members (excludes halogenated alkanes) is 1. The summed E-state index contributed by atoms with van der Waals surface area (Å²) in [5.41, 5.74) is 1.17. The standard InChI is InChI=1S/C29H31N5O5/c1-4-6-19-32(29(36)30-20-15-17-21(18-16-20)34(37)38)24(5-2)27-31-23-12-8-7-11-22(23)28(35)33(27)25-13-9-10-14-26(25)39-3/h7-18,24H,4-6,19H2,1-3H3,(H,30,36). The van der Waals surface area contributed by atoms with Gasteiger partial charge in [0.25, 0.3) is 11.2 Å². The highest BCUT2D eigenvalue weighted by molar-refractivity contribution is 5.89. The molecule has 1 N–H and O–H groups in total. The number of nitrogens with one attached hydrogen (secondary N) is 1. The van der Waals surface area contributed by atoms with Crippen molar-refractivity contribution in [1.82, 2.24) is 14.5 Å². The molecule has 0 bridgehead atoms. The number of benzene rings is 3. The first kappa shape index (κ1) is 27.3. The lowest BCUT2D eigenvalue weighted by Crippen LogP contribution is -2.41. The largest absolute Gasteiger partial charge is 0.495 e. The van der Waals surface area contributed by atoms with E-state index in [1.807, 2.05) is 32.0 Å². The molecule has 4 rings (SSSR count). The molecule has 3 aromatic carbocycles. The number of ether oxygens (including phenoxy) is 1. The quantitative estimate of drug-likeness (QED) is 0.196. The smallest absolute Gasteiger partial charge is 0.322 e. The molecule has 4 aromatic rings. The van der Waals surface area contributed by atoms with Crippen molar-refractivity contribution in [2.24, 2.45) is 0 Å². The molecular formula is C29H31N5O5. The van der Waals surface area contributed by atoms with E-state index in [1.54, 1.807) is 42.3 Å². The van der Waals surface area contributed by atoms with Crippen LogP contribution in [0.3, 0.4) is 0 Å². The van der Waals surface area contributed by atoms with Gasteiger partial charge >= 0.3 is 6.03 Å². The summed E-state index contributed by atoms with van der Waals surface area (Å²) < 4.78 is 7.12. The lowest BCUT2D eigenvalue weighted by atomic mass is 10.1. The zero-order chi connectivity index (χ0) is 27.9. The van der Waals surface area contributed by atoms with Gasteiger partial charge in [0.1, 0.15) is 11.6 Å². The summed E-state index contributed by atoms with van der Waals surface area (Å²) in [6.07, 6.45) is 2.07. The first-order chi connectivity index (χ1) is 18.9. The Morgan fingerprint density at radius 2 is 1.77 bits per heavy atom. The second kappa shape index (κ2) is 12.2. The van der Waals surface area contributed by atoms with Gasteiger partial charge in [-0.25, -0.2) is 9.78 Å². The summed E-state index contributed by atoms with van der Waals surface area (Å²) in [6.45, 7) is 4.39. The molecule has 1 aromatic heterocycles. The molecule has 0 aliphatic rings. The number of carbonyl (C=O) groups is 1. The molecule has 0 spiro atoms. The lowest BCUT2D eigenvalue weighted by molar-refractivity contribution is -0.384. The number of amides is 2. The van der Waals surface area contributed by atoms with Gasteiger partial charge in [-0.3, -0.25) is 19.5 Å². The summed E-state index contributed by atoms with van der Waals surface area (Å²) in [7, 11) is 1.54. The van der Waals surface area contributed by atoms with Crippen molar-refractivity contribution in [3.8, 4) is 11.4 Å². The van der Waals surface area contributed by atoms with Gasteiger partial charge in [-0.1, -0.05) is 44.5 Å². The number of urea groups is 1. The molecule has 10 nitrogen and oxygen atoms in total. The summed E-state index contributed by atoms with van der Waals surface area (Å²) in [5.74, 6) is 0.920. The van der Waals surface area contributed by atoms with E-state index in [2.05, 4.69) is 5.32 Å². The van der Waals surface area contributed by atoms with Crippen molar-refractivity contribution >= 4 is 28.3 Å². The van der Waals surface area contributed by atoms with E-state index in [-0.39, 0.29) is 11.2 Å². The van der Waals surface area contributed by atoms with Gasteiger partial charge in [0.2, 0.25) is 0 Å². The first-order valence-corrected chi connectivity index (χ1v) is 12.9. The Balaban J connectivity index is 1.85. The zero-order valence-electron chi connectivity index (χ0n) is 22.2. The van der Waals surface area contributed by atoms with Crippen LogP contribution >= 0.6 is 0 Å². The third kappa shape index (κ3) is 5.74. The Morgan fingerprint density at radius 3 is 2.44 bits per heavy atom. The van der Waals surface area contributed by atoms with E-state index in [9.17, 15) is 19.7 Å². The molecule has 10 heteroatoms. The molecule has 0 fully saturated rings. The highest BCUT2D eigenvalue weighted by Crippen LogP contribution is 2.30. The number of methoxy groups -OCH3 is 1. The van der Waals surface area contributed by atoms with Crippen molar-refractivity contribution in [2.75, 3.05) is 19.0 Å². The number of non-ortho nitro benzene ring substituents is 1. The Bertz CT molecular complexity index is 1530. The summed E-state index contributed by atoms with van der Waals surface area (Å²) in [6, 6.07) is 19.1. The molecule has 2 amide bonds. The van der Waals surface area contributed by atoms with Gasteiger partial charge in [0.15, 0.2) is 0 Å². The maximum absolute atomic E-state index is 13.9. The molecule has 0 saturated heterocycles. The van der Waals surface area contributed by atoms with Gasteiger partial charge in [-0.2, -0.15) is 0 Å². The van der Waals surface area contributed by atoms with Gasteiger partial charge in [-0.15, -0.1) is 0 Å². The van der Waals surface area contributed by atoms with Crippen molar-refractivity contribution in [3.05, 3.63) is 99.1 Å². The van der Waals surface area contributed by atoms with E-state index in [4.69, 9.17) is 9.72 Å². The van der Waals surface area contributed by atoms with Crippen LogP contribution in [-0.2, 0) is 0 Å². The van der Waals surface area contributed by atoms with Gasteiger partial charge < -0.3 is 15.0 Å². The molecule has 202 valence electrons. The van der Waals surface area contributed by atoms with Crippen LogP contribution in [0.2, 0.25) is 0 Å².